The Kier molecular flexibility index (Phi) is 7.01. The van der Waals surface area contributed by atoms with Gasteiger partial charge in [-0.05, 0) is 37.1 Å². The summed E-state index contributed by atoms with van der Waals surface area (Å²) < 4.78 is 17.2. The highest BCUT2D eigenvalue weighted by atomic mass is 35.5. The second-order valence-electron chi connectivity index (χ2n) is 5.22. The minimum Gasteiger partial charge on any atom is -0.376 e. The average Bonchev–Trinajstić information content (AvgIpc) is 3.00. The molecule has 6 nitrogen and oxygen atoms in total. The first kappa shape index (κ1) is 17.9. The predicted molar refractivity (Wildman–Crippen MR) is 89.9 cm³/mol. The van der Waals surface area contributed by atoms with Crippen molar-refractivity contribution < 1.29 is 18.5 Å². The van der Waals surface area contributed by atoms with Gasteiger partial charge in [0.05, 0.1) is 6.10 Å². The zero-order chi connectivity index (χ0) is 16.7. The third-order valence-electron chi connectivity index (χ3n) is 3.26. The summed E-state index contributed by atoms with van der Waals surface area (Å²) in [7, 11) is -1.55. The molecule has 1 aliphatic heterocycles. The normalized spacial score (nSPS) is 18.4. The van der Waals surface area contributed by atoms with Gasteiger partial charge in [0.2, 0.25) is 11.8 Å². The van der Waals surface area contributed by atoms with E-state index in [-0.39, 0.29) is 23.5 Å². The van der Waals surface area contributed by atoms with E-state index in [1.54, 1.807) is 24.3 Å². The van der Waals surface area contributed by atoms with Crippen LogP contribution in [0, 0.1) is 0 Å². The van der Waals surface area contributed by atoms with Crippen LogP contribution in [0.15, 0.2) is 24.3 Å². The molecule has 1 aromatic carbocycles. The zero-order valence-electron chi connectivity index (χ0n) is 12.5. The fourth-order valence-corrected chi connectivity index (χ4v) is 3.14. The maximum absolute atomic E-state index is 11.8. The number of rotatable bonds is 7. The number of carbonyl (C=O) groups excluding carboxylic acids is 2. The third-order valence-corrected chi connectivity index (χ3v) is 4.68. The Bertz CT molecular complexity index is 573. The number of hydrogen-bond donors (Lipinski definition) is 2. The van der Waals surface area contributed by atoms with E-state index in [1.165, 1.54) is 0 Å². The van der Waals surface area contributed by atoms with Crippen LogP contribution in [0.2, 0.25) is 5.02 Å². The second-order valence-corrected chi connectivity index (χ2v) is 7.12. The number of halogens is 1. The lowest BCUT2D eigenvalue weighted by molar-refractivity contribution is -0.119. The molecule has 1 aliphatic rings. The van der Waals surface area contributed by atoms with Crippen molar-refractivity contribution in [3.8, 4) is 0 Å². The highest BCUT2D eigenvalue weighted by Gasteiger charge is 2.17. The molecular weight excluding hydrogens is 340 g/mol. The molecular formula is C15H19ClN2O4S. The minimum absolute atomic E-state index is 0.0422. The monoisotopic (exact) mass is 358 g/mol. The molecule has 2 amide bonds. The molecule has 0 bridgehead atoms. The van der Waals surface area contributed by atoms with Crippen LogP contribution in [0.5, 0.6) is 0 Å². The first-order valence-electron chi connectivity index (χ1n) is 7.31. The van der Waals surface area contributed by atoms with E-state index in [1.807, 2.05) is 0 Å². The van der Waals surface area contributed by atoms with Gasteiger partial charge < -0.3 is 15.4 Å². The van der Waals surface area contributed by atoms with Crippen LogP contribution in [0.25, 0.3) is 0 Å². The molecule has 23 heavy (non-hydrogen) atoms. The number of amides is 2. The lowest BCUT2D eigenvalue weighted by atomic mass is 10.2. The molecule has 0 aliphatic carbocycles. The lowest BCUT2D eigenvalue weighted by Crippen LogP contribution is -2.35. The van der Waals surface area contributed by atoms with E-state index < -0.39 is 16.7 Å². The average molecular weight is 359 g/mol. The fraction of sp³-hybridized carbons (Fsp3) is 0.467. The molecule has 0 saturated carbocycles. The van der Waals surface area contributed by atoms with Crippen molar-refractivity contribution in [3.05, 3.63) is 29.3 Å². The van der Waals surface area contributed by atoms with E-state index in [0.717, 1.165) is 19.4 Å². The topological polar surface area (TPSA) is 84.5 Å². The summed E-state index contributed by atoms with van der Waals surface area (Å²) in [5.41, 5.74) is 0.569. The molecule has 1 saturated heterocycles. The van der Waals surface area contributed by atoms with E-state index in [9.17, 15) is 13.8 Å². The van der Waals surface area contributed by atoms with Crippen LogP contribution in [-0.4, -0.2) is 46.8 Å². The predicted octanol–water partition coefficient (Wildman–Crippen LogP) is 1.32. The molecule has 2 N–H and O–H groups in total. The van der Waals surface area contributed by atoms with Crippen molar-refractivity contribution in [1.29, 1.82) is 0 Å². The van der Waals surface area contributed by atoms with Crippen molar-refractivity contribution in [2.24, 2.45) is 0 Å². The van der Waals surface area contributed by atoms with Crippen LogP contribution in [0.3, 0.4) is 0 Å². The molecule has 0 spiro atoms. The highest BCUT2D eigenvalue weighted by Crippen LogP contribution is 2.13. The van der Waals surface area contributed by atoms with Gasteiger partial charge in [0, 0.05) is 34.7 Å². The number of carbonyl (C=O) groups is 2. The first-order valence-corrected chi connectivity index (χ1v) is 9.18. The molecule has 0 unspecified atom stereocenters. The van der Waals surface area contributed by atoms with E-state index in [2.05, 4.69) is 10.6 Å². The number of nitrogens with one attached hydrogen (secondary N) is 2. The van der Waals surface area contributed by atoms with Crippen LogP contribution in [-0.2, 0) is 25.1 Å². The quantitative estimate of drug-likeness (QED) is 0.770. The molecule has 2 rings (SSSR count). The Balaban J connectivity index is 1.67. The largest absolute Gasteiger partial charge is 0.376 e. The molecule has 1 fully saturated rings. The Hall–Kier alpha value is -1.44. The fourth-order valence-electron chi connectivity index (χ4n) is 2.16. The molecule has 1 aromatic rings. The van der Waals surface area contributed by atoms with Gasteiger partial charge in [0.25, 0.3) is 0 Å². The summed E-state index contributed by atoms with van der Waals surface area (Å²) in [6, 6.07) is 6.59. The summed E-state index contributed by atoms with van der Waals surface area (Å²) in [6.45, 7) is 1.14. The third kappa shape index (κ3) is 6.68. The minimum atomic E-state index is -1.55. The Morgan fingerprint density at radius 3 is 2.57 bits per heavy atom. The van der Waals surface area contributed by atoms with Gasteiger partial charge in [0.1, 0.15) is 11.5 Å². The second kappa shape index (κ2) is 9.00. The summed E-state index contributed by atoms with van der Waals surface area (Å²) in [6.07, 6.45) is 1.96. The van der Waals surface area contributed by atoms with Crippen LogP contribution < -0.4 is 10.6 Å². The van der Waals surface area contributed by atoms with Crippen molar-refractivity contribution in [2.75, 3.05) is 30.0 Å². The molecule has 2 atom stereocenters. The summed E-state index contributed by atoms with van der Waals surface area (Å²) in [4.78, 5) is 23.4. The van der Waals surface area contributed by atoms with Gasteiger partial charge in [-0.3, -0.25) is 13.8 Å². The molecule has 8 heteroatoms. The molecule has 126 valence electrons. The van der Waals surface area contributed by atoms with Crippen molar-refractivity contribution in [1.82, 2.24) is 5.32 Å². The lowest BCUT2D eigenvalue weighted by Gasteiger charge is -2.10. The number of ether oxygens (including phenoxy) is 1. The number of benzene rings is 1. The van der Waals surface area contributed by atoms with Crippen LogP contribution >= 0.6 is 11.6 Å². The summed E-state index contributed by atoms with van der Waals surface area (Å²) in [5.74, 6) is -1.16. The number of hydrogen-bond acceptors (Lipinski definition) is 4. The van der Waals surface area contributed by atoms with Gasteiger partial charge in [0.15, 0.2) is 0 Å². The van der Waals surface area contributed by atoms with Gasteiger partial charge in [-0.2, -0.15) is 0 Å². The highest BCUT2D eigenvalue weighted by molar-refractivity contribution is 7.86. The van der Waals surface area contributed by atoms with E-state index >= 15 is 0 Å². The SMILES string of the molecule is O=C(C[S@@](=O)CC(=O)Nc1ccc(Cl)cc1)NC[C@@H]1CCCO1. The maximum Gasteiger partial charge on any atom is 0.237 e. The van der Waals surface area contributed by atoms with Gasteiger partial charge >= 0.3 is 0 Å². The first-order chi connectivity index (χ1) is 11.0. The molecule has 1 heterocycles. The maximum atomic E-state index is 11.8. The van der Waals surface area contributed by atoms with Crippen molar-refractivity contribution in [3.63, 3.8) is 0 Å². The smallest absolute Gasteiger partial charge is 0.237 e. The van der Waals surface area contributed by atoms with Crippen molar-refractivity contribution in [2.45, 2.75) is 18.9 Å². The van der Waals surface area contributed by atoms with Crippen molar-refractivity contribution >= 4 is 39.9 Å². The Morgan fingerprint density at radius 1 is 1.22 bits per heavy atom. The van der Waals surface area contributed by atoms with Gasteiger partial charge in [-0.15, -0.1) is 0 Å². The molecule has 0 radical (unpaired) electrons. The zero-order valence-corrected chi connectivity index (χ0v) is 14.1. The van der Waals surface area contributed by atoms with E-state index in [4.69, 9.17) is 16.3 Å². The van der Waals surface area contributed by atoms with E-state index in [0.29, 0.717) is 17.3 Å². The van der Waals surface area contributed by atoms with Crippen LogP contribution in [0.4, 0.5) is 5.69 Å². The standard InChI is InChI=1S/C15H19ClN2O4S/c16-11-3-5-12(6-4-11)18-15(20)10-23(21)9-14(19)17-8-13-2-1-7-22-13/h3-6,13H,1-2,7-10H2,(H,17,19)(H,18,20)/t13-,23+/m0/s1. The Labute approximate surface area is 142 Å². The van der Waals surface area contributed by atoms with Gasteiger partial charge in [-0.1, -0.05) is 11.6 Å². The van der Waals surface area contributed by atoms with Crippen LogP contribution in [0.1, 0.15) is 12.8 Å². The summed E-state index contributed by atoms with van der Waals surface area (Å²) in [5, 5.41) is 5.85. The Morgan fingerprint density at radius 2 is 1.91 bits per heavy atom. The molecule has 0 aromatic heterocycles. The summed E-state index contributed by atoms with van der Waals surface area (Å²) >= 11 is 5.75. The van der Waals surface area contributed by atoms with Gasteiger partial charge in [-0.25, -0.2) is 0 Å². The number of anilines is 1.